The minimum absolute atomic E-state index is 0.916. The Morgan fingerprint density at radius 3 is 1.67 bits per heavy atom. The second-order valence-electron chi connectivity index (χ2n) is 14.2. The Bertz CT molecular complexity index is 3140. The van der Waals surface area contributed by atoms with Gasteiger partial charge < -0.3 is 0 Å². The van der Waals surface area contributed by atoms with Crippen LogP contribution < -0.4 is 0 Å². The molecule has 1 aliphatic carbocycles. The van der Waals surface area contributed by atoms with Crippen LogP contribution in [0.3, 0.4) is 0 Å². The lowest BCUT2D eigenvalue weighted by Crippen LogP contribution is -2.01. The number of rotatable bonds is 4. The summed E-state index contributed by atoms with van der Waals surface area (Å²) in [5.41, 5.74) is 14.1. The topological polar surface area (TPSA) is 38.7 Å². The normalized spacial score (nSPS) is 12.6. The van der Waals surface area contributed by atoms with Gasteiger partial charge in [0.05, 0.1) is 33.6 Å². The number of fused-ring (bicyclic) bond motifs is 11. The molecule has 0 fully saturated rings. The third-order valence-electron chi connectivity index (χ3n) is 11.1. The Hall–Kier alpha value is -6.97. The maximum Gasteiger partial charge on any atom is 0.0972 e. The summed E-state index contributed by atoms with van der Waals surface area (Å²) in [6, 6.07) is 58.3. The lowest BCUT2D eigenvalue weighted by atomic mass is 9.86. The zero-order chi connectivity index (χ0) is 35.6. The number of allylic oxidation sites excluding steroid dienone is 1. The molecule has 54 heavy (non-hydrogen) atoms. The maximum absolute atomic E-state index is 5.53. The van der Waals surface area contributed by atoms with E-state index in [0.717, 1.165) is 85.1 Å². The molecule has 0 saturated carbocycles. The van der Waals surface area contributed by atoms with Gasteiger partial charge in [-0.3, -0.25) is 0 Å². The van der Waals surface area contributed by atoms with Crippen LogP contribution in [0.5, 0.6) is 0 Å². The highest BCUT2D eigenvalue weighted by atomic mass is 14.8. The summed E-state index contributed by atoms with van der Waals surface area (Å²) < 4.78 is 0. The minimum Gasteiger partial charge on any atom is -0.246 e. The van der Waals surface area contributed by atoms with Crippen LogP contribution in [0.4, 0.5) is 0 Å². The molecule has 3 heterocycles. The molecule has 0 spiro atoms. The van der Waals surface area contributed by atoms with Crippen molar-refractivity contribution in [2.45, 2.75) is 12.8 Å². The van der Waals surface area contributed by atoms with Gasteiger partial charge >= 0.3 is 0 Å². The molecule has 3 nitrogen and oxygen atoms in total. The molecule has 0 saturated heterocycles. The van der Waals surface area contributed by atoms with Crippen molar-refractivity contribution in [3.8, 4) is 44.9 Å². The van der Waals surface area contributed by atoms with Crippen LogP contribution >= 0.6 is 0 Å². The zero-order valence-corrected chi connectivity index (χ0v) is 29.5. The largest absolute Gasteiger partial charge is 0.246 e. The monoisotopic (exact) mass is 687 g/mol. The molecule has 0 bridgehead atoms. The number of hydrogen-bond donors (Lipinski definition) is 0. The van der Waals surface area contributed by atoms with Gasteiger partial charge in [-0.15, -0.1) is 0 Å². The highest BCUT2D eigenvalue weighted by Gasteiger charge is 2.20. The number of nitrogens with zero attached hydrogens (tertiary/aromatic N) is 3. The summed E-state index contributed by atoms with van der Waals surface area (Å²) in [5, 5.41) is 8.45. The SMILES string of the molecule is C1=Cc2c(c3ccccc3c3c2nc(-c2cccc(-c4ccc(-c5ccc6ccc7ccc(-c8ccccc8)nc7c6n5)cc4)c2)c2ccccc23)CC1. The molecule has 0 amide bonds. The molecule has 0 radical (unpaired) electrons. The summed E-state index contributed by atoms with van der Waals surface area (Å²) in [5.74, 6) is 0. The van der Waals surface area contributed by atoms with E-state index in [1.807, 2.05) is 18.2 Å². The van der Waals surface area contributed by atoms with E-state index in [2.05, 4.69) is 158 Å². The molecule has 10 aromatic rings. The quantitative estimate of drug-likeness (QED) is 0.173. The van der Waals surface area contributed by atoms with Crippen LogP contribution in [-0.2, 0) is 6.42 Å². The van der Waals surface area contributed by atoms with Gasteiger partial charge in [-0.1, -0.05) is 158 Å². The van der Waals surface area contributed by atoms with E-state index in [9.17, 15) is 0 Å². The Morgan fingerprint density at radius 1 is 0.389 bits per heavy atom. The molecule has 252 valence electrons. The van der Waals surface area contributed by atoms with E-state index in [4.69, 9.17) is 15.0 Å². The van der Waals surface area contributed by atoms with Crippen LogP contribution in [0.2, 0.25) is 0 Å². The van der Waals surface area contributed by atoms with Gasteiger partial charge in [-0.25, -0.2) is 15.0 Å². The number of hydrogen-bond acceptors (Lipinski definition) is 3. The van der Waals surface area contributed by atoms with Crippen molar-refractivity contribution in [3.05, 3.63) is 181 Å². The van der Waals surface area contributed by atoms with Crippen LogP contribution in [0, 0.1) is 0 Å². The van der Waals surface area contributed by atoms with Gasteiger partial charge in [0.25, 0.3) is 0 Å². The van der Waals surface area contributed by atoms with Gasteiger partial charge in [-0.2, -0.15) is 0 Å². The number of benzene rings is 7. The summed E-state index contributed by atoms with van der Waals surface area (Å²) in [7, 11) is 0. The molecule has 1 aliphatic rings. The van der Waals surface area contributed by atoms with E-state index in [1.54, 1.807) is 0 Å². The van der Waals surface area contributed by atoms with Crippen molar-refractivity contribution in [3.63, 3.8) is 0 Å². The fraction of sp³-hybridized carbons (Fsp3) is 0.0392. The van der Waals surface area contributed by atoms with E-state index < -0.39 is 0 Å². The second-order valence-corrected chi connectivity index (χ2v) is 14.2. The number of pyridine rings is 3. The molecule has 11 rings (SSSR count). The van der Waals surface area contributed by atoms with Gasteiger partial charge in [0, 0.05) is 43.8 Å². The molecule has 3 aromatic heterocycles. The highest BCUT2D eigenvalue weighted by molar-refractivity contribution is 6.24. The van der Waals surface area contributed by atoms with Crippen molar-refractivity contribution in [1.82, 2.24) is 15.0 Å². The van der Waals surface area contributed by atoms with Gasteiger partial charge in [0.1, 0.15) is 0 Å². The molecule has 0 atom stereocenters. The first kappa shape index (κ1) is 30.6. The van der Waals surface area contributed by atoms with Crippen molar-refractivity contribution in [2.24, 2.45) is 0 Å². The molecule has 0 unspecified atom stereocenters. The third kappa shape index (κ3) is 4.93. The lowest BCUT2D eigenvalue weighted by Gasteiger charge is -2.20. The Morgan fingerprint density at radius 2 is 0.944 bits per heavy atom. The predicted molar refractivity (Wildman–Crippen MR) is 226 cm³/mol. The molecule has 0 aliphatic heterocycles. The molecule has 7 aromatic carbocycles. The smallest absolute Gasteiger partial charge is 0.0972 e. The molecule has 0 N–H and O–H groups in total. The fourth-order valence-electron chi connectivity index (χ4n) is 8.46. The first-order chi connectivity index (χ1) is 26.8. The third-order valence-corrected chi connectivity index (χ3v) is 11.1. The predicted octanol–water partition coefficient (Wildman–Crippen LogP) is 13.3. The summed E-state index contributed by atoms with van der Waals surface area (Å²) in [4.78, 5) is 15.8. The molecular formula is C51H33N3. The zero-order valence-electron chi connectivity index (χ0n) is 29.5. The molecule has 3 heteroatoms. The van der Waals surface area contributed by atoms with Crippen LogP contribution in [0.25, 0.3) is 105 Å². The second kappa shape index (κ2) is 12.3. The highest BCUT2D eigenvalue weighted by Crippen LogP contribution is 2.42. The van der Waals surface area contributed by atoms with E-state index in [1.165, 1.54) is 38.1 Å². The van der Waals surface area contributed by atoms with Crippen molar-refractivity contribution in [1.29, 1.82) is 0 Å². The first-order valence-corrected chi connectivity index (χ1v) is 18.7. The van der Waals surface area contributed by atoms with E-state index in [0.29, 0.717) is 0 Å². The lowest BCUT2D eigenvalue weighted by molar-refractivity contribution is 0.999. The van der Waals surface area contributed by atoms with Crippen molar-refractivity contribution >= 4 is 60.3 Å². The Kier molecular flexibility index (Phi) is 6.99. The maximum atomic E-state index is 5.53. The van der Waals surface area contributed by atoms with Crippen molar-refractivity contribution in [2.75, 3.05) is 0 Å². The van der Waals surface area contributed by atoms with Crippen molar-refractivity contribution < 1.29 is 0 Å². The molecular weight excluding hydrogens is 655 g/mol. The summed E-state index contributed by atoms with van der Waals surface area (Å²) in [6.45, 7) is 0. The average Bonchev–Trinajstić information content (AvgIpc) is 3.26. The van der Waals surface area contributed by atoms with Gasteiger partial charge in [0.15, 0.2) is 0 Å². The summed E-state index contributed by atoms with van der Waals surface area (Å²) >= 11 is 0. The Labute approximate surface area is 312 Å². The van der Waals surface area contributed by atoms with Crippen LogP contribution in [0.15, 0.2) is 170 Å². The van der Waals surface area contributed by atoms with E-state index >= 15 is 0 Å². The number of aromatic nitrogens is 3. The number of aryl methyl sites for hydroxylation is 1. The van der Waals surface area contributed by atoms with Gasteiger partial charge in [-0.05, 0) is 63.9 Å². The Balaban J connectivity index is 0.997. The first-order valence-electron chi connectivity index (χ1n) is 18.7. The standard InChI is InChI=1S/C51H33N3/c1-2-11-33(12-3-1)45-29-27-35-25-26-36-28-30-46(53-50(36)49(35)52-45)34-23-21-32(22-24-34)37-13-10-14-38(31-37)48-44-20-9-7-18-42(44)47-41-17-6-4-15-39(41)40-16-5-8-19-43(40)51(47)54-48/h1-4,6-15,17-31H,5,16H2. The van der Waals surface area contributed by atoms with Crippen LogP contribution in [0.1, 0.15) is 17.5 Å². The fourth-order valence-corrected chi connectivity index (χ4v) is 8.46. The van der Waals surface area contributed by atoms with Gasteiger partial charge in [0.2, 0.25) is 0 Å². The summed E-state index contributed by atoms with van der Waals surface area (Å²) in [6.07, 6.45) is 6.69. The van der Waals surface area contributed by atoms with Crippen LogP contribution in [-0.4, -0.2) is 15.0 Å². The minimum atomic E-state index is 0.916. The average molecular weight is 688 g/mol. The van der Waals surface area contributed by atoms with E-state index in [-0.39, 0.29) is 0 Å².